The van der Waals surface area contributed by atoms with Crippen LogP contribution >= 0.6 is 0 Å². The summed E-state index contributed by atoms with van der Waals surface area (Å²) in [4.78, 5) is 26.8. The number of carbonyl (C=O) groups excluding carboxylic acids is 2. The van der Waals surface area contributed by atoms with Gasteiger partial charge in [0.25, 0.3) is 0 Å². The zero-order valence-corrected chi connectivity index (χ0v) is 37.7. The van der Waals surface area contributed by atoms with E-state index in [1.165, 1.54) is 0 Å². The summed E-state index contributed by atoms with van der Waals surface area (Å²) in [5, 5.41) is 22.0. The van der Waals surface area contributed by atoms with E-state index >= 15 is 0 Å². The van der Waals surface area contributed by atoms with Gasteiger partial charge in [-0.05, 0) is 69.9 Å². The van der Waals surface area contributed by atoms with E-state index < -0.39 is 40.7 Å². The highest BCUT2D eigenvalue weighted by Crippen LogP contribution is 2.42. The van der Waals surface area contributed by atoms with Crippen LogP contribution in [0.3, 0.4) is 0 Å². The summed E-state index contributed by atoms with van der Waals surface area (Å²) >= 11 is 0. The Kier molecular flexibility index (Phi) is 14.0. The lowest BCUT2D eigenvalue weighted by Gasteiger charge is -2.48. The zero-order chi connectivity index (χ0) is 43.1. The van der Waals surface area contributed by atoms with E-state index in [2.05, 4.69) is 0 Å². The van der Waals surface area contributed by atoms with Crippen LogP contribution in [-0.2, 0) is 48.8 Å². The van der Waals surface area contributed by atoms with Gasteiger partial charge in [-0.2, -0.15) is 0 Å². The molecule has 2 atom stereocenters. The molecule has 10 heteroatoms. The quantitative estimate of drug-likeness (QED) is 0.200. The molecule has 320 valence electrons. The van der Waals surface area contributed by atoms with E-state index in [9.17, 15) is 19.8 Å². The van der Waals surface area contributed by atoms with E-state index in [4.69, 9.17) is 28.4 Å². The molecule has 0 bridgehead atoms. The lowest BCUT2D eigenvalue weighted by molar-refractivity contribution is -0.337. The van der Waals surface area contributed by atoms with Crippen molar-refractivity contribution in [2.45, 2.75) is 158 Å². The fourth-order valence-electron chi connectivity index (χ4n) is 7.31. The molecular formula is C47H72O10. The maximum atomic E-state index is 13.4. The molecule has 10 nitrogen and oxygen atoms in total. The summed E-state index contributed by atoms with van der Waals surface area (Å²) in [6.07, 6.45) is -1.22. The smallest absolute Gasteiger partial charge is 0.313 e. The molecule has 2 aromatic carbocycles. The van der Waals surface area contributed by atoms with E-state index in [1.54, 1.807) is 0 Å². The lowest BCUT2D eigenvalue weighted by Crippen LogP contribution is -2.57. The van der Waals surface area contributed by atoms with Crippen LogP contribution in [0.25, 0.3) is 0 Å². The number of hydrogen-bond acceptors (Lipinski definition) is 10. The van der Waals surface area contributed by atoms with Gasteiger partial charge in [0.2, 0.25) is 0 Å². The molecule has 2 saturated heterocycles. The molecule has 0 amide bonds. The average Bonchev–Trinajstić information content (AvgIpc) is 3.11. The zero-order valence-electron chi connectivity index (χ0n) is 37.7. The van der Waals surface area contributed by atoms with Crippen LogP contribution in [0.4, 0.5) is 0 Å². The fourth-order valence-corrected chi connectivity index (χ4v) is 7.31. The molecule has 2 unspecified atom stereocenters. The summed E-state index contributed by atoms with van der Waals surface area (Å²) in [5.74, 6) is -1.02. The minimum Gasteiger partial charge on any atom is -0.507 e. The lowest BCUT2D eigenvalue weighted by atomic mass is 9.81. The number of ether oxygens (including phenoxy) is 6. The molecular weight excluding hydrogens is 725 g/mol. The number of rotatable bonds is 12. The molecule has 4 rings (SSSR count). The van der Waals surface area contributed by atoms with Crippen molar-refractivity contribution < 1.29 is 48.2 Å². The van der Waals surface area contributed by atoms with Crippen molar-refractivity contribution in [2.24, 2.45) is 16.2 Å². The van der Waals surface area contributed by atoms with Crippen molar-refractivity contribution in [3.63, 3.8) is 0 Å². The minimum absolute atomic E-state index is 0.0902. The van der Waals surface area contributed by atoms with E-state index in [0.29, 0.717) is 26.4 Å². The topological polar surface area (TPSA) is 130 Å². The standard InChI is InChI=1S/C47H72O10/c1-27(2)33-17-31(19-35(37(33)48)43(7,8)9)29(5)39(50)52-21-45(13,14)41-54-23-47(24-55-41)25-56-42(57-26-47)46(15,16)22-53-40(51)30(6)32-18-34(28(3)4)38(49)36(20-32)44(10,11)12/h17-20,27-30,41-42,48-49H,21-26H2,1-16H3. The van der Waals surface area contributed by atoms with Crippen LogP contribution in [0.1, 0.15) is 168 Å². The molecule has 0 aromatic heterocycles. The van der Waals surface area contributed by atoms with Gasteiger partial charge < -0.3 is 38.6 Å². The molecule has 2 N–H and O–H groups in total. The largest absolute Gasteiger partial charge is 0.507 e. The van der Waals surface area contributed by atoms with Gasteiger partial charge in [0.15, 0.2) is 12.6 Å². The highest BCUT2D eigenvalue weighted by Gasteiger charge is 2.48. The summed E-state index contributed by atoms with van der Waals surface area (Å²) in [6.45, 7) is 33.4. The van der Waals surface area contributed by atoms with Gasteiger partial charge in [0.05, 0.1) is 43.7 Å². The summed E-state index contributed by atoms with van der Waals surface area (Å²) in [5.41, 5.74) is 2.48. The maximum absolute atomic E-state index is 13.4. The Hall–Kier alpha value is -3.18. The van der Waals surface area contributed by atoms with E-state index in [0.717, 1.165) is 33.4 Å². The molecule has 0 saturated carbocycles. The van der Waals surface area contributed by atoms with Gasteiger partial charge in [-0.1, -0.05) is 121 Å². The number of aromatic hydroxyl groups is 2. The Bertz CT molecular complexity index is 1590. The number of hydrogen-bond donors (Lipinski definition) is 2. The number of phenolic OH excluding ortho intramolecular Hbond substituents is 2. The van der Waals surface area contributed by atoms with Crippen molar-refractivity contribution in [3.8, 4) is 11.5 Å². The second kappa shape index (κ2) is 17.2. The van der Waals surface area contributed by atoms with Crippen molar-refractivity contribution in [1.29, 1.82) is 0 Å². The molecule has 2 aliphatic heterocycles. The van der Waals surface area contributed by atoms with Crippen molar-refractivity contribution in [1.82, 2.24) is 0 Å². The first kappa shape index (κ1) is 46.5. The fraction of sp³-hybridized carbons (Fsp3) is 0.702. The van der Waals surface area contributed by atoms with Crippen LogP contribution in [0.5, 0.6) is 11.5 Å². The van der Waals surface area contributed by atoms with Crippen LogP contribution in [-0.4, -0.2) is 74.4 Å². The second-order valence-electron chi connectivity index (χ2n) is 20.9. The molecule has 1 spiro atoms. The second-order valence-corrected chi connectivity index (χ2v) is 20.9. The van der Waals surface area contributed by atoms with Crippen LogP contribution < -0.4 is 0 Å². The monoisotopic (exact) mass is 797 g/mol. The van der Waals surface area contributed by atoms with Crippen molar-refractivity contribution in [2.75, 3.05) is 39.6 Å². The van der Waals surface area contributed by atoms with Gasteiger partial charge >= 0.3 is 11.9 Å². The maximum Gasteiger partial charge on any atom is 0.313 e. The highest BCUT2D eigenvalue weighted by atomic mass is 16.7. The minimum atomic E-state index is -0.641. The molecule has 57 heavy (non-hydrogen) atoms. The summed E-state index contributed by atoms with van der Waals surface area (Å²) in [6, 6.07) is 7.66. The van der Waals surface area contributed by atoms with Crippen molar-refractivity contribution in [3.05, 3.63) is 57.6 Å². The number of esters is 2. The third-order valence-corrected chi connectivity index (χ3v) is 11.5. The predicted octanol–water partition coefficient (Wildman–Crippen LogP) is 9.72. The SMILES string of the molecule is CC(C)c1cc(C(C)C(=O)OCC(C)(C)C2OCC3(CO2)COC(C(C)(C)COC(=O)C(C)c2cc(C(C)C)c(O)c(C(C)(C)C)c2)OC3)cc(C(C)(C)C)c1O. The first-order valence-corrected chi connectivity index (χ1v) is 20.6. The van der Waals surface area contributed by atoms with Crippen LogP contribution in [0, 0.1) is 16.2 Å². The molecule has 0 radical (unpaired) electrons. The van der Waals surface area contributed by atoms with Gasteiger partial charge in [0.1, 0.15) is 24.7 Å². The third kappa shape index (κ3) is 10.7. The molecule has 2 fully saturated rings. The van der Waals surface area contributed by atoms with Gasteiger partial charge in [-0.3, -0.25) is 9.59 Å². The molecule has 2 aliphatic rings. The Morgan fingerprint density at radius 1 is 0.596 bits per heavy atom. The Morgan fingerprint density at radius 2 is 0.895 bits per heavy atom. The van der Waals surface area contributed by atoms with Gasteiger partial charge in [-0.15, -0.1) is 0 Å². The third-order valence-electron chi connectivity index (χ3n) is 11.5. The van der Waals surface area contributed by atoms with Crippen LogP contribution in [0.15, 0.2) is 24.3 Å². The van der Waals surface area contributed by atoms with Gasteiger partial charge in [0, 0.05) is 10.8 Å². The molecule has 2 heterocycles. The predicted molar refractivity (Wildman–Crippen MR) is 222 cm³/mol. The average molecular weight is 797 g/mol. The first-order chi connectivity index (χ1) is 26.1. The molecule has 2 aromatic rings. The summed E-state index contributed by atoms with van der Waals surface area (Å²) < 4.78 is 36.8. The Balaban J connectivity index is 1.30. The van der Waals surface area contributed by atoms with Crippen molar-refractivity contribution >= 4 is 11.9 Å². The number of benzene rings is 2. The summed E-state index contributed by atoms with van der Waals surface area (Å²) in [7, 11) is 0. The van der Waals surface area contributed by atoms with Crippen LogP contribution in [0.2, 0.25) is 0 Å². The number of carbonyl (C=O) groups is 2. The van der Waals surface area contributed by atoms with E-state index in [-0.39, 0.29) is 59.3 Å². The Labute approximate surface area is 342 Å². The van der Waals surface area contributed by atoms with E-state index in [1.807, 2.05) is 135 Å². The van der Waals surface area contributed by atoms with Gasteiger partial charge in [-0.25, -0.2) is 0 Å². The molecule has 0 aliphatic carbocycles. The first-order valence-electron chi connectivity index (χ1n) is 20.6. The number of phenols is 2. The normalized spacial score (nSPS) is 22.1. The Morgan fingerprint density at radius 3 is 1.16 bits per heavy atom. The highest BCUT2D eigenvalue weighted by molar-refractivity contribution is 5.79.